The summed E-state index contributed by atoms with van der Waals surface area (Å²) in [7, 11) is -2.43. The minimum atomic E-state index is -4.01. The maximum absolute atomic E-state index is 13.4. The van der Waals surface area contributed by atoms with Crippen LogP contribution in [0.3, 0.4) is 0 Å². The number of hydrogen-bond donors (Lipinski definition) is 2. The summed E-state index contributed by atoms with van der Waals surface area (Å²) in [4.78, 5) is 13.4. The summed E-state index contributed by atoms with van der Waals surface area (Å²) < 4.78 is 34.6. The van der Waals surface area contributed by atoms with Crippen LogP contribution in [0.25, 0.3) is 21.3 Å². The van der Waals surface area contributed by atoms with Gasteiger partial charge < -0.3 is 4.74 Å². The number of carbonyl (C=O) groups excluding carboxylic acids is 1. The van der Waals surface area contributed by atoms with Crippen LogP contribution in [0.4, 0.5) is 5.13 Å². The highest BCUT2D eigenvalue weighted by Gasteiger charge is 2.27. The fourth-order valence-electron chi connectivity index (χ4n) is 3.97. The first kappa shape index (κ1) is 25.5. The zero-order valence-electron chi connectivity index (χ0n) is 20.4. The van der Waals surface area contributed by atoms with Gasteiger partial charge in [0.2, 0.25) is 21.1 Å². The SMILES string of the molecule is COc1cccc(-c2nnc(NC(=O)C(Cc3ccccc3)NS(=O)(=O)c3ccc4ccccc4c3)s2)c1. The molecule has 0 bridgehead atoms. The summed E-state index contributed by atoms with van der Waals surface area (Å²) in [5.74, 6) is 0.140. The van der Waals surface area contributed by atoms with Crippen LogP contribution in [0.2, 0.25) is 0 Å². The number of ether oxygens (including phenoxy) is 1. The number of hydrogen-bond acceptors (Lipinski definition) is 7. The lowest BCUT2D eigenvalue weighted by atomic mass is 10.1. The molecule has 192 valence electrons. The largest absolute Gasteiger partial charge is 0.497 e. The van der Waals surface area contributed by atoms with Crippen molar-refractivity contribution in [1.29, 1.82) is 0 Å². The van der Waals surface area contributed by atoms with Crippen molar-refractivity contribution in [3.05, 3.63) is 103 Å². The van der Waals surface area contributed by atoms with Crippen LogP contribution in [0, 0.1) is 0 Å². The predicted octanol–water partition coefficient (Wildman–Crippen LogP) is 4.90. The van der Waals surface area contributed by atoms with Crippen molar-refractivity contribution in [2.75, 3.05) is 12.4 Å². The zero-order chi connectivity index (χ0) is 26.5. The van der Waals surface area contributed by atoms with E-state index in [0.29, 0.717) is 10.8 Å². The number of anilines is 1. The fraction of sp³-hybridized carbons (Fsp3) is 0.107. The minimum Gasteiger partial charge on any atom is -0.497 e. The number of nitrogens with zero attached hydrogens (tertiary/aromatic N) is 2. The van der Waals surface area contributed by atoms with Gasteiger partial charge in [-0.3, -0.25) is 10.1 Å². The molecule has 0 fully saturated rings. The van der Waals surface area contributed by atoms with Gasteiger partial charge in [0.05, 0.1) is 12.0 Å². The van der Waals surface area contributed by atoms with E-state index in [4.69, 9.17) is 4.74 Å². The van der Waals surface area contributed by atoms with Crippen LogP contribution in [0.5, 0.6) is 5.75 Å². The first-order chi connectivity index (χ1) is 18.4. The van der Waals surface area contributed by atoms with Crippen molar-refractivity contribution in [3.63, 3.8) is 0 Å². The molecule has 0 spiro atoms. The smallest absolute Gasteiger partial charge is 0.244 e. The molecule has 38 heavy (non-hydrogen) atoms. The molecule has 2 N–H and O–H groups in total. The third-order valence-corrected chi connectivity index (χ3v) is 8.26. The normalized spacial score (nSPS) is 12.2. The third kappa shape index (κ3) is 5.88. The van der Waals surface area contributed by atoms with Crippen molar-refractivity contribution in [2.45, 2.75) is 17.4 Å². The number of benzene rings is 4. The molecule has 0 radical (unpaired) electrons. The second kappa shape index (κ2) is 11.1. The quantitative estimate of drug-likeness (QED) is 0.273. The van der Waals surface area contributed by atoms with Crippen molar-refractivity contribution in [3.8, 4) is 16.3 Å². The van der Waals surface area contributed by atoms with Gasteiger partial charge in [-0.2, -0.15) is 4.72 Å². The Morgan fingerprint density at radius 2 is 1.66 bits per heavy atom. The van der Waals surface area contributed by atoms with Gasteiger partial charge in [-0.05, 0) is 47.0 Å². The summed E-state index contributed by atoms with van der Waals surface area (Å²) >= 11 is 1.19. The van der Waals surface area contributed by atoms with E-state index in [9.17, 15) is 13.2 Å². The summed E-state index contributed by atoms with van der Waals surface area (Å²) in [6.07, 6.45) is 0.154. The molecular weight excluding hydrogens is 520 g/mol. The van der Waals surface area contributed by atoms with Gasteiger partial charge in [0.15, 0.2) is 0 Å². The molecule has 1 heterocycles. The molecule has 0 aliphatic carbocycles. The van der Waals surface area contributed by atoms with E-state index >= 15 is 0 Å². The topological polar surface area (TPSA) is 110 Å². The number of sulfonamides is 1. The first-order valence-electron chi connectivity index (χ1n) is 11.8. The number of carbonyl (C=O) groups is 1. The average Bonchev–Trinajstić information content (AvgIpc) is 3.41. The van der Waals surface area contributed by atoms with Crippen molar-refractivity contribution >= 4 is 43.2 Å². The van der Waals surface area contributed by atoms with Crippen LogP contribution in [0.1, 0.15) is 5.56 Å². The van der Waals surface area contributed by atoms with Crippen molar-refractivity contribution in [1.82, 2.24) is 14.9 Å². The van der Waals surface area contributed by atoms with Crippen LogP contribution in [-0.4, -0.2) is 37.7 Å². The molecule has 1 aromatic heterocycles. The van der Waals surface area contributed by atoms with Crippen molar-refractivity contribution in [2.24, 2.45) is 0 Å². The van der Waals surface area contributed by atoms with Gasteiger partial charge in [-0.15, -0.1) is 10.2 Å². The molecular formula is C28H24N4O4S2. The minimum absolute atomic E-state index is 0.0817. The van der Waals surface area contributed by atoms with Crippen LogP contribution < -0.4 is 14.8 Å². The van der Waals surface area contributed by atoms with E-state index in [0.717, 1.165) is 21.9 Å². The predicted molar refractivity (Wildman–Crippen MR) is 149 cm³/mol. The summed E-state index contributed by atoms with van der Waals surface area (Å²) in [5.41, 5.74) is 1.60. The third-order valence-electron chi connectivity index (χ3n) is 5.90. The highest BCUT2D eigenvalue weighted by atomic mass is 32.2. The van der Waals surface area contributed by atoms with Gasteiger partial charge >= 0.3 is 0 Å². The monoisotopic (exact) mass is 544 g/mol. The number of rotatable bonds is 9. The van der Waals surface area contributed by atoms with Gasteiger partial charge in [-0.1, -0.05) is 84.1 Å². The van der Waals surface area contributed by atoms with E-state index < -0.39 is 22.0 Å². The standard InChI is InChI=1S/C28H24N4O4S2/c1-36-23-13-7-12-22(17-23)27-30-31-28(37-27)29-26(33)25(16-19-8-3-2-4-9-19)32-38(34,35)24-15-14-20-10-5-6-11-21(20)18-24/h2-15,17-18,25,32H,16H2,1H3,(H,29,31,33). The Labute approximate surface area is 224 Å². The fourth-order valence-corrected chi connectivity index (χ4v) is 5.94. The molecule has 0 saturated carbocycles. The van der Waals surface area contributed by atoms with Crippen molar-refractivity contribution < 1.29 is 17.9 Å². The Hall–Kier alpha value is -4.12. The van der Waals surface area contributed by atoms with Gasteiger partial charge in [0.1, 0.15) is 16.8 Å². The molecule has 8 nitrogen and oxygen atoms in total. The molecule has 4 aromatic carbocycles. The number of aromatic nitrogens is 2. The highest BCUT2D eigenvalue weighted by Crippen LogP contribution is 2.29. The second-order valence-electron chi connectivity index (χ2n) is 8.51. The van der Waals surface area contributed by atoms with E-state index in [-0.39, 0.29) is 16.4 Å². The van der Waals surface area contributed by atoms with E-state index in [1.807, 2.05) is 78.9 Å². The lowest BCUT2D eigenvalue weighted by Crippen LogP contribution is -2.45. The Morgan fingerprint density at radius 3 is 2.45 bits per heavy atom. The molecule has 1 unspecified atom stereocenters. The summed E-state index contributed by atoms with van der Waals surface area (Å²) in [6.45, 7) is 0. The molecule has 1 amide bonds. The van der Waals surface area contributed by atoms with Crippen LogP contribution in [0.15, 0.2) is 102 Å². The first-order valence-corrected chi connectivity index (χ1v) is 14.0. The Balaban J connectivity index is 1.39. The molecule has 5 rings (SSSR count). The van der Waals surface area contributed by atoms with E-state index in [1.165, 1.54) is 17.4 Å². The van der Waals surface area contributed by atoms with Gasteiger partial charge in [-0.25, -0.2) is 8.42 Å². The molecule has 0 saturated heterocycles. The molecule has 5 aromatic rings. The molecule has 10 heteroatoms. The maximum atomic E-state index is 13.4. The summed E-state index contributed by atoms with van der Waals surface area (Å²) in [6, 6.07) is 27.9. The van der Waals surface area contributed by atoms with Gasteiger partial charge in [0, 0.05) is 5.56 Å². The number of amides is 1. The van der Waals surface area contributed by atoms with E-state index in [1.54, 1.807) is 19.2 Å². The second-order valence-corrected chi connectivity index (χ2v) is 11.2. The van der Waals surface area contributed by atoms with Gasteiger partial charge in [0.25, 0.3) is 0 Å². The lowest BCUT2D eigenvalue weighted by Gasteiger charge is -2.18. The Morgan fingerprint density at radius 1 is 0.895 bits per heavy atom. The molecule has 0 aliphatic heterocycles. The zero-order valence-corrected chi connectivity index (χ0v) is 22.0. The Kier molecular flexibility index (Phi) is 7.45. The van der Waals surface area contributed by atoms with Crippen LogP contribution in [-0.2, 0) is 21.2 Å². The number of methoxy groups -OCH3 is 1. The lowest BCUT2D eigenvalue weighted by molar-refractivity contribution is -0.117. The van der Waals surface area contributed by atoms with Crippen LogP contribution >= 0.6 is 11.3 Å². The maximum Gasteiger partial charge on any atom is 0.244 e. The summed E-state index contributed by atoms with van der Waals surface area (Å²) in [5, 5.41) is 13.6. The molecule has 1 atom stereocenters. The number of fused-ring (bicyclic) bond motifs is 1. The molecule has 0 aliphatic rings. The Bertz CT molecular complexity index is 1690. The number of nitrogens with one attached hydrogen (secondary N) is 2. The van der Waals surface area contributed by atoms with E-state index in [2.05, 4.69) is 20.2 Å². The average molecular weight is 545 g/mol. The highest BCUT2D eigenvalue weighted by molar-refractivity contribution is 7.89.